The van der Waals surface area contributed by atoms with Crippen molar-refractivity contribution in [1.29, 1.82) is 0 Å². The summed E-state index contributed by atoms with van der Waals surface area (Å²) in [6, 6.07) is 0.997. The molecule has 0 aromatic carbocycles. The highest BCUT2D eigenvalue weighted by molar-refractivity contribution is 5.98. The zero-order valence-corrected chi connectivity index (χ0v) is 11.1. The fraction of sp³-hybridized carbons (Fsp3) is 0.364. The maximum atomic E-state index is 11.3. The van der Waals surface area contributed by atoms with Gasteiger partial charge in [-0.15, -0.1) is 0 Å². The number of ether oxygens (including phenoxy) is 1. The van der Waals surface area contributed by atoms with Crippen LogP contribution in [0, 0.1) is 10.1 Å². The number of nitrogens with one attached hydrogen (secondary N) is 1. The van der Waals surface area contributed by atoms with Crippen molar-refractivity contribution in [2.75, 3.05) is 19.0 Å². The van der Waals surface area contributed by atoms with Gasteiger partial charge in [-0.1, -0.05) is 0 Å². The van der Waals surface area contributed by atoms with E-state index in [1.165, 1.54) is 7.11 Å². The van der Waals surface area contributed by atoms with E-state index in [9.17, 15) is 19.7 Å². The number of carbonyl (C=O) groups is 2. The molecule has 1 heterocycles. The molecule has 0 aliphatic rings. The Morgan fingerprint density at radius 2 is 2.29 bits per heavy atom. The molecule has 0 aliphatic carbocycles. The molecule has 1 aromatic rings. The predicted molar refractivity (Wildman–Crippen MR) is 70.9 cm³/mol. The first-order valence-electron chi connectivity index (χ1n) is 5.77. The number of anilines is 1. The molecular formula is C11H14N4O6. The van der Waals surface area contributed by atoms with E-state index in [2.05, 4.69) is 10.3 Å². The summed E-state index contributed by atoms with van der Waals surface area (Å²) in [4.78, 5) is 35.6. The molecule has 0 saturated heterocycles. The van der Waals surface area contributed by atoms with E-state index >= 15 is 0 Å². The van der Waals surface area contributed by atoms with Crippen LogP contribution in [0.2, 0.25) is 0 Å². The van der Waals surface area contributed by atoms with Crippen molar-refractivity contribution in [2.24, 2.45) is 5.73 Å². The zero-order chi connectivity index (χ0) is 16.0. The first-order valence-corrected chi connectivity index (χ1v) is 5.77. The van der Waals surface area contributed by atoms with Crippen molar-refractivity contribution in [3.63, 3.8) is 0 Å². The van der Waals surface area contributed by atoms with Crippen molar-refractivity contribution in [1.82, 2.24) is 4.98 Å². The van der Waals surface area contributed by atoms with Crippen LogP contribution in [-0.4, -0.2) is 46.6 Å². The largest absolute Gasteiger partial charge is 0.481 e. The van der Waals surface area contributed by atoms with Gasteiger partial charge in [0.25, 0.3) is 11.6 Å². The first-order chi connectivity index (χ1) is 9.85. The molecule has 0 aliphatic heterocycles. The quantitative estimate of drug-likeness (QED) is 0.446. The van der Waals surface area contributed by atoms with E-state index in [0.717, 1.165) is 12.3 Å². The number of carboxylic acids is 1. The second-order valence-corrected chi connectivity index (χ2v) is 4.05. The third-order valence-corrected chi connectivity index (χ3v) is 2.58. The van der Waals surface area contributed by atoms with E-state index in [-0.39, 0.29) is 30.0 Å². The van der Waals surface area contributed by atoms with Gasteiger partial charge in [-0.3, -0.25) is 19.7 Å². The molecule has 10 nitrogen and oxygen atoms in total. The molecule has 10 heteroatoms. The monoisotopic (exact) mass is 298 g/mol. The Bertz CT molecular complexity index is 562. The summed E-state index contributed by atoms with van der Waals surface area (Å²) in [5.41, 5.74) is 4.61. The van der Waals surface area contributed by atoms with E-state index in [4.69, 9.17) is 15.6 Å². The van der Waals surface area contributed by atoms with Gasteiger partial charge in [-0.2, -0.15) is 0 Å². The van der Waals surface area contributed by atoms with Crippen molar-refractivity contribution in [3.05, 3.63) is 27.9 Å². The number of pyridine rings is 1. The maximum absolute atomic E-state index is 11.3. The number of nitrogens with zero attached hydrogens (tertiary/aromatic N) is 2. The molecule has 21 heavy (non-hydrogen) atoms. The number of rotatable bonds is 8. The van der Waals surface area contributed by atoms with Gasteiger partial charge in [0.15, 0.2) is 0 Å². The summed E-state index contributed by atoms with van der Waals surface area (Å²) in [5.74, 6) is -1.91. The molecule has 0 saturated carbocycles. The molecule has 0 bridgehead atoms. The van der Waals surface area contributed by atoms with Gasteiger partial charge in [0, 0.05) is 19.7 Å². The van der Waals surface area contributed by atoms with Crippen LogP contribution in [0.25, 0.3) is 0 Å². The van der Waals surface area contributed by atoms with Crippen LogP contribution in [0.4, 0.5) is 11.5 Å². The van der Waals surface area contributed by atoms with E-state index < -0.39 is 22.9 Å². The molecule has 1 unspecified atom stereocenters. The fourth-order valence-electron chi connectivity index (χ4n) is 1.53. The van der Waals surface area contributed by atoms with Crippen LogP contribution in [0.3, 0.4) is 0 Å². The minimum Gasteiger partial charge on any atom is -0.481 e. The summed E-state index contributed by atoms with van der Waals surface area (Å²) >= 11 is 0. The van der Waals surface area contributed by atoms with Gasteiger partial charge in [-0.05, 0) is 0 Å². The van der Waals surface area contributed by atoms with Crippen molar-refractivity contribution in [2.45, 2.75) is 12.5 Å². The number of hydrogen-bond donors (Lipinski definition) is 3. The predicted octanol–water partition coefficient (Wildman–Crippen LogP) is -0.00970. The fourth-order valence-corrected chi connectivity index (χ4v) is 1.53. The molecule has 114 valence electrons. The van der Waals surface area contributed by atoms with Crippen LogP contribution in [0.15, 0.2) is 12.3 Å². The normalized spacial score (nSPS) is 11.7. The molecule has 1 rings (SSSR count). The Morgan fingerprint density at radius 3 is 2.76 bits per heavy atom. The second-order valence-electron chi connectivity index (χ2n) is 4.05. The molecule has 0 spiro atoms. The number of carbonyl (C=O) groups excluding carboxylic acids is 1. The molecule has 4 N–H and O–H groups in total. The number of aromatic nitrogens is 1. The van der Waals surface area contributed by atoms with Gasteiger partial charge in [0.2, 0.25) is 0 Å². The first kappa shape index (κ1) is 16.3. The van der Waals surface area contributed by atoms with Crippen LogP contribution in [0.1, 0.15) is 16.8 Å². The lowest BCUT2D eigenvalue weighted by atomic mass is 10.2. The summed E-state index contributed by atoms with van der Waals surface area (Å²) in [5, 5.41) is 22.0. The molecule has 0 fully saturated rings. The molecular weight excluding hydrogens is 284 g/mol. The highest BCUT2D eigenvalue weighted by Gasteiger charge is 2.18. The average molecular weight is 298 g/mol. The van der Waals surface area contributed by atoms with Gasteiger partial charge >= 0.3 is 5.97 Å². The molecule has 0 radical (unpaired) electrons. The minimum atomic E-state index is -1.05. The Morgan fingerprint density at radius 1 is 1.62 bits per heavy atom. The number of aliphatic carboxylic acids is 1. The standard InChI is InChI=1S/C11H14N4O6/c1-21-7(3-9(16)17)5-14-11-8(10(12)18)2-6(4-13-11)15(19)20/h2,4,7H,3,5H2,1H3,(H2,12,18)(H,13,14)(H,16,17). The van der Waals surface area contributed by atoms with Crippen LogP contribution < -0.4 is 11.1 Å². The Labute approximate surface area is 119 Å². The van der Waals surface area contributed by atoms with Crippen LogP contribution in [0.5, 0.6) is 0 Å². The SMILES string of the molecule is COC(CNc1ncc([N+](=O)[O-])cc1C(N)=O)CC(=O)O. The highest BCUT2D eigenvalue weighted by atomic mass is 16.6. The summed E-state index contributed by atoms with van der Waals surface area (Å²) < 4.78 is 4.95. The number of primary amides is 1. The summed E-state index contributed by atoms with van der Waals surface area (Å²) in [7, 11) is 1.34. The number of nitrogens with two attached hydrogens (primary N) is 1. The van der Waals surface area contributed by atoms with Crippen LogP contribution >= 0.6 is 0 Å². The van der Waals surface area contributed by atoms with Crippen molar-refractivity contribution >= 4 is 23.4 Å². The topological polar surface area (TPSA) is 158 Å². The number of amides is 1. The van der Waals surface area contributed by atoms with E-state index in [1.54, 1.807) is 0 Å². The number of carboxylic acid groups (broad SMARTS) is 1. The Kier molecular flexibility index (Phi) is 5.55. The smallest absolute Gasteiger partial charge is 0.306 e. The minimum absolute atomic E-state index is 0.0283. The third kappa shape index (κ3) is 4.69. The number of methoxy groups -OCH3 is 1. The Hall–Kier alpha value is -2.75. The average Bonchev–Trinajstić information content (AvgIpc) is 2.42. The Balaban J connectivity index is 2.89. The number of hydrogen-bond acceptors (Lipinski definition) is 7. The summed E-state index contributed by atoms with van der Waals surface area (Å²) in [6.45, 7) is 0.0495. The van der Waals surface area contributed by atoms with Gasteiger partial charge in [0.05, 0.1) is 23.0 Å². The van der Waals surface area contributed by atoms with Crippen LogP contribution in [-0.2, 0) is 9.53 Å². The lowest BCUT2D eigenvalue weighted by Crippen LogP contribution is -2.26. The van der Waals surface area contributed by atoms with Gasteiger partial charge in [-0.25, -0.2) is 4.98 Å². The van der Waals surface area contributed by atoms with E-state index in [0.29, 0.717) is 0 Å². The zero-order valence-electron chi connectivity index (χ0n) is 11.1. The third-order valence-electron chi connectivity index (χ3n) is 2.58. The lowest BCUT2D eigenvalue weighted by molar-refractivity contribution is -0.385. The lowest BCUT2D eigenvalue weighted by Gasteiger charge is -2.15. The highest BCUT2D eigenvalue weighted by Crippen LogP contribution is 2.18. The molecule has 1 atom stereocenters. The van der Waals surface area contributed by atoms with Crippen molar-refractivity contribution in [3.8, 4) is 0 Å². The van der Waals surface area contributed by atoms with Gasteiger partial charge in [0.1, 0.15) is 12.0 Å². The van der Waals surface area contributed by atoms with E-state index in [1.807, 2.05) is 0 Å². The number of nitro groups is 1. The second kappa shape index (κ2) is 7.14. The maximum Gasteiger partial charge on any atom is 0.306 e. The van der Waals surface area contributed by atoms with Gasteiger partial charge < -0.3 is 20.9 Å². The van der Waals surface area contributed by atoms with Crippen molar-refractivity contribution < 1.29 is 24.4 Å². The molecule has 1 aromatic heterocycles. The molecule has 1 amide bonds. The summed E-state index contributed by atoms with van der Waals surface area (Å²) in [6.07, 6.45) is 0.0658.